The number of anilines is 1. The van der Waals surface area contributed by atoms with Crippen molar-refractivity contribution in [2.24, 2.45) is 5.41 Å². The maximum Gasteiger partial charge on any atom is 0.291 e. The van der Waals surface area contributed by atoms with Crippen molar-refractivity contribution in [1.82, 2.24) is 9.55 Å². The number of nitrogens with zero attached hydrogens (tertiary/aromatic N) is 3. The Bertz CT molecular complexity index is 1520. The number of nitriles is 1. The van der Waals surface area contributed by atoms with Gasteiger partial charge in [-0.3, -0.25) is 4.79 Å². The number of hydrogen-bond donors (Lipinski definition) is 1. The van der Waals surface area contributed by atoms with Gasteiger partial charge in [-0.2, -0.15) is 5.26 Å². The third-order valence-corrected chi connectivity index (χ3v) is 10.2. The molecule has 7 nitrogen and oxygen atoms in total. The fourth-order valence-corrected chi connectivity index (χ4v) is 6.71. The van der Waals surface area contributed by atoms with Gasteiger partial charge in [0.1, 0.15) is 18.4 Å². The van der Waals surface area contributed by atoms with E-state index >= 15 is 0 Å². The largest absolute Gasteiger partial charge is 0.361 e. The van der Waals surface area contributed by atoms with Crippen molar-refractivity contribution in [3.8, 4) is 6.07 Å². The first-order chi connectivity index (χ1) is 19.7. The van der Waals surface area contributed by atoms with Crippen LogP contribution in [0.1, 0.15) is 80.8 Å². The van der Waals surface area contributed by atoms with Gasteiger partial charge in [-0.1, -0.05) is 57.8 Å². The molecule has 1 aromatic heterocycles. The zero-order valence-electron chi connectivity index (χ0n) is 26.1. The molecule has 0 radical (unpaired) electrons. The van der Waals surface area contributed by atoms with E-state index in [0.717, 1.165) is 48.5 Å². The molecule has 0 saturated carbocycles. The van der Waals surface area contributed by atoms with Crippen LogP contribution in [0.2, 0.25) is 25.7 Å². The highest BCUT2D eigenvalue weighted by atomic mass is 28.3. The summed E-state index contributed by atoms with van der Waals surface area (Å²) < 4.78 is 13.8. The van der Waals surface area contributed by atoms with Gasteiger partial charge in [0.15, 0.2) is 5.69 Å². The van der Waals surface area contributed by atoms with Gasteiger partial charge in [-0.25, -0.2) is 4.98 Å². The Morgan fingerprint density at radius 3 is 2.64 bits per heavy atom. The lowest BCUT2D eigenvalue weighted by molar-refractivity contribution is -0.0472. The molecular weight excluding hydrogens is 540 g/mol. The van der Waals surface area contributed by atoms with E-state index in [1.54, 1.807) is 10.8 Å². The SMILES string of the molecule is CC1(C)CC=C(c2cc(C3=CC4(C)C=CC(C)(C3)O4)ccc2NC(=O)c2nc(C#N)cn2COCC[Si](C)(C)C)CC1. The average molecular weight is 585 g/mol. The van der Waals surface area contributed by atoms with Gasteiger partial charge < -0.3 is 19.4 Å². The smallest absolute Gasteiger partial charge is 0.291 e. The van der Waals surface area contributed by atoms with Crippen LogP contribution >= 0.6 is 0 Å². The van der Waals surface area contributed by atoms with Crippen LogP contribution in [0.25, 0.3) is 11.1 Å². The van der Waals surface area contributed by atoms with Crippen molar-refractivity contribution in [3.63, 3.8) is 0 Å². The summed E-state index contributed by atoms with van der Waals surface area (Å²) >= 11 is 0. The summed E-state index contributed by atoms with van der Waals surface area (Å²) in [6.45, 7) is 16.5. The molecule has 5 rings (SSSR count). The Kier molecular flexibility index (Phi) is 7.99. The second-order valence-electron chi connectivity index (χ2n) is 14.5. The highest BCUT2D eigenvalue weighted by Crippen LogP contribution is 2.46. The number of imidazole rings is 1. The predicted octanol–water partition coefficient (Wildman–Crippen LogP) is 7.80. The summed E-state index contributed by atoms with van der Waals surface area (Å²) in [6, 6.07) is 9.39. The third kappa shape index (κ3) is 6.86. The molecule has 1 aromatic carbocycles. The van der Waals surface area contributed by atoms with Crippen molar-refractivity contribution in [3.05, 3.63) is 71.3 Å². The molecule has 222 valence electrons. The zero-order valence-corrected chi connectivity index (χ0v) is 27.1. The number of allylic oxidation sites excluding steroid dienone is 2. The zero-order chi connectivity index (χ0) is 30.3. The lowest BCUT2D eigenvalue weighted by Gasteiger charge is -2.35. The second-order valence-corrected chi connectivity index (χ2v) is 20.1. The summed E-state index contributed by atoms with van der Waals surface area (Å²) in [6.07, 6.45) is 14.2. The van der Waals surface area contributed by atoms with Crippen LogP contribution in [-0.2, 0) is 16.2 Å². The van der Waals surface area contributed by atoms with Gasteiger partial charge in [0.05, 0.1) is 5.60 Å². The minimum absolute atomic E-state index is 0.170. The molecule has 1 amide bonds. The van der Waals surface area contributed by atoms with E-state index in [-0.39, 0.29) is 35.2 Å². The first-order valence-electron chi connectivity index (χ1n) is 15.0. The second kappa shape index (κ2) is 11.1. The Labute approximate surface area is 251 Å². The van der Waals surface area contributed by atoms with Gasteiger partial charge in [0.25, 0.3) is 5.91 Å². The van der Waals surface area contributed by atoms with E-state index in [9.17, 15) is 10.1 Å². The van der Waals surface area contributed by atoms with Crippen LogP contribution in [0.5, 0.6) is 0 Å². The van der Waals surface area contributed by atoms with Gasteiger partial charge in [0, 0.05) is 38.5 Å². The van der Waals surface area contributed by atoms with Gasteiger partial charge in [-0.15, -0.1) is 0 Å². The lowest BCUT2D eigenvalue weighted by atomic mass is 9.76. The molecule has 2 bridgehead atoms. The van der Waals surface area contributed by atoms with Crippen molar-refractivity contribution in [1.29, 1.82) is 5.26 Å². The maximum absolute atomic E-state index is 13.7. The normalized spacial score (nSPS) is 24.6. The number of hydrogen-bond acceptors (Lipinski definition) is 5. The number of carbonyl (C=O) groups is 1. The van der Waals surface area contributed by atoms with E-state index in [2.05, 4.69) is 100 Å². The first kappa shape index (κ1) is 30.2. The molecule has 2 atom stereocenters. The minimum Gasteiger partial charge on any atom is -0.361 e. The Morgan fingerprint density at radius 2 is 1.98 bits per heavy atom. The van der Waals surface area contributed by atoms with Crippen LogP contribution in [0.4, 0.5) is 5.69 Å². The number of ether oxygens (including phenoxy) is 2. The fourth-order valence-electron chi connectivity index (χ4n) is 5.95. The first-order valence-corrected chi connectivity index (χ1v) is 18.7. The molecule has 42 heavy (non-hydrogen) atoms. The summed E-state index contributed by atoms with van der Waals surface area (Å²) in [5.41, 5.74) is 5.14. The molecule has 2 aromatic rings. The Balaban J connectivity index is 1.44. The van der Waals surface area contributed by atoms with E-state index in [1.165, 1.54) is 11.1 Å². The molecule has 2 unspecified atom stereocenters. The van der Waals surface area contributed by atoms with E-state index in [1.807, 2.05) is 6.07 Å². The van der Waals surface area contributed by atoms with E-state index in [0.29, 0.717) is 6.61 Å². The number of benzene rings is 1. The molecule has 1 N–H and O–H groups in total. The van der Waals surface area contributed by atoms with E-state index < -0.39 is 13.7 Å². The molecule has 2 aliphatic heterocycles. The van der Waals surface area contributed by atoms with Gasteiger partial charge in [0.2, 0.25) is 5.82 Å². The van der Waals surface area contributed by atoms with Crippen molar-refractivity contribution in [2.45, 2.75) is 97.0 Å². The number of fused-ring (bicyclic) bond motifs is 2. The monoisotopic (exact) mass is 584 g/mol. The molecule has 0 fully saturated rings. The number of nitrogens with one attached hydrogen (secondary N) is 1. The third-order valence-electron chi connectivity index (χ3n) is 8.50. The highest BCUT2D eigenvalue weighted by molar-refractivity contribution is 6.76. The predicted molar refractivity (Wildman–Crippen MR) is 171 cm³/mol. The summed E-state index contributed by atoms with van der Waals surface area (Å²) in [7, 11) is -1.25. The molecule has 0 spiro atoms. The lowest BCUT2D eigenvalue weighted by Crippen LogP contribution is -2.35. The number of rotatable bonds is 9. The van der Waals surface area contributed by atoms with E-state index in [4.69, 9.17) is 9.47 Å². The highest BCUT2D eigenvalue weighted by Gasteiger charge is 2.42. The number of aromatic nitrogens is 2. The van der Waals surface area contributed by atoms with Crippen LogP contribution in [0.3, 0.4) is 0 Å². The molecule has 1 aliphatic carbocycles. The molecular formula is C34H44N4O3Si. The van der Waals surface area contributed by atoms with Crippen LogP contribution in [0, 0.1) is 16.7 Å². The topological polar surface area (TPSA) is 89.2 Å². The quantitative estimate of drug-likeness (QED) is 0.184. The van der Waals surface area contributed by atoms with Crippen LogP contribution in [-0.4, -0.2) is 41.3 Å². The molecule has 3 aliphatic rings. The summed E-state index contributed by atoms with van der Waals surface area (Å²) in [5, 5.41) is 12.6. The molecule has 3 heterocycles. The van der Waals surface area contributed by atoms with Gasteiger partial charge >= 0.3 is 0 Å². The molecule has 0 saturated heterocycles. The number of carbonyl (C=O) groups excluding carboxylic acids is 1. The van der Waals surface area contributed by atoms with Crippen LogP contribution < -0.4 is 5.32 Å². The van der Waals surface area contributed by atoms with Crippen molar-refractivity contribution in [2.75, 3.05) is 11.9 Å². The Morgan fingerprint density at radius 1 is 1.19 bits per heavy atom. The molecule has 8 heteroatoms. The standard InChI is InChI=1S/C34H44N4O3Si/c1-32(2)12-10-24(11-13-32)28-18-25(26-19-33(3)14-15-34(4,20-26)41-33)8-9-29(28)37-31(39)30-36-27(21-35)22-38(30)23-40-16-17-42(5,6)7/h8-10,14-15,18-19,22H,11-13,16-17,20,23H2,1-7H3,(H,37,39). The van der Waals surface area contributed by atoms with Gasteiger partial charge in [-0.05, 0) is 79.5 Å². The summed E-state index contributed by atoms with van der Waals surface area (Å²) in [4.78, 5) is 18.0. The maximum atomic E-state index is 13.7. The van der Waals surface area contributed by atoms with Crippen LogP contribution in [0.15, 0.2) is 48.7 Å². The van der Waals surface area contributed by atoms with Crippen molar-refractivity contribution >= 4 is 30.8 Å². The fraction of sp³-hybridized carbons (Fsp3) is 0.500. The Hall–Kier alpha value is -3.25. The minimum atomic E-state index is -1.25. The number of amides is 1. The average Bonchev–Trinajstić information content (AvgIpc) is 3.42. The summed E-state index contributed by atoms with van der Waals surface area (Å²) in [5.74, 6) is -0.187. The van der Waals surface area contributed by atoms with Crippen molar-refractivity contribution < 1.29 is 14.3 Å².